The first-order valence-electron chi connectivity index (χ1n) is 7.65. The Bertz CT molecular complexity index is 941. The number of nitrogens with zero attached hydrogens (tertiary/aromatic N) is 2. The van der Waals surface area contributed by atoms with E-state index in [4.69, 9.17) is 4.42 Å². The number of halogens is 1. The maximum absolute atomic E-state index is 12.9. The molecular weight excluding hydrogens is 357 g/mol. The van der Waals surface area contributed by atoms with Crippen molar-refractivity contribution in [1.29, 1.82) is 0 Å². The molecule has 8 heteroatoms. The summed E-state index contributed by atoms with van der Waals surface area (Å²) in [4.78, 5) is 23.7. The number of para-hydroxylation sites is 1. The third kappa shape index (κ3) is 4.34. The molecule has 0 aliphatic heterocycles. The Balaban J connectivity index is 1.60. The minimum absolute atomic E-state index is 0.0390. The van der Waals surface area contributed by atoms with E-state index in [2.05, 4.69) is 15.5 Å². The lowest BCUT2D eigenvalue weighted by Gasteiger charge is -2.07. The van der Waals surface area contributed by atoms with Crippen LogP contribution in [0.25, 0.3) is 11.5 Å². The Morgan fingerprint density at radius 3 is 2.58 bits per heavy atom. The van der Waals surface area contributed by atoms with Crippen molar-refractivity contribution >= 4 is 29.1 Å². The van der Waals surface area contributed by atoms with Crippen LogP contribution in [0.5, 0.6) is 0 Å². The molecule has 6 nitrogen and oxygen atoms in total. The fraction of sp³-hybridized carbons (Fsp3) is 0.111. The number of nitrogens with one attached hydrogen (secondary N) is 1. The van der Waals surface area contributed by atoms with Crippen LogP contribution in [0.3, 0.4) is 0 Å². The zero-order chi connectivity index (χ0) is 18.5. The molecule has 2 aromatic carbocycles. The molecule has 0 aliphatic rings. The Morgan fingerprint density at radius 2 is 1.85 bits per heavy atom. The SMILES string of the molecule is CC(=O)c1ccccc1NC(=O)CSc1nnc(-c2ccc(F)cc2)o1. The maximum Gasteiger partial charge on any atom is 0.277 e. The number of hydrogen-bond donors (Lipinski definition) is 1. The van der Waals surface area contributed by atoms with Gasteiger partial charge < -0.3 is 9.73 Å². The molecule has 3 aromatic rings. The molecular formula is C18H14FN3O3S. The van der Waals surface area contributed by atoms with Crippen molar-refractivity contribution in [2.75, 3.05) is 11.1 Å². The highest BCUT2D eigenvalue weighted by molar-refractivity contribution is 7.99. The topological polar surface area (TPSA) is 85.1 Å². The zero-order valence-electron chi connectivity index (χ0n) is 13.7. The second kappa shape index (κ2) is 7.92. The molecule has 0 saturated carbocycles. The van der Waals surface area contributed by atoms with Crippen LogP contribution in [0.2, 0.25) is 0 Å². The van der Waals surface area contributed by atoms with Crippen molar-refractivity contribution in [1.82, 2.24) is 10.2 Å². The first-order valence-corrected chi connectivity index (χ1v) is 8.63. The third-order valence-electron chi connectivity index (χ3n) is 3.40. The third-order valence-corrected chi connectivity index (χ3v) is 4.22. The number of hydrogen-bond acceptors (Lipinski definition) is 6. The van der Waals surface area contributed by atoms with Crippen LogP contribution in [0.1, 0.15) is 17.3 Å². The molecule has 1 amide bonds. The highest BCUT2D eigenvalue weighted by Gasteiger charge is 2.13. The van der Waals surface area contributed by atoms with Gasteiger partial charge in [-0.25, -0.2) is 4.39 Å². The molecule has 0 radical (unpaired) electrons. The van der Waals surface area contributed by atoms with Gasteiger partial charge in [0.2, 0.25) is 11.8 Å². The summed E-state index contributed by atoms with van der Waals surface area (Å²) >= 11 is 1.07. The fourth-order valence-corrected chi connectivity index (χ4v) is 2.75. The lowest BCUT2D eigenvalue weighted by molar-refractivity contribution is -0.113. The van der Waals surface area contributed by atoms with E-state index in [-0.39, 0.29) is 34.4 Å². The molecule has 0 atom stereocenters. The predicted molar refractivity (Wildman–Crippen MR) is 95.5 cm³/mol. The molecule has 0 spiro atoms. The first kappa shape index (κ1) is 17.8. The van der Waals surface area contributed by atoms with E-state index in [9.17, 15) is 14.0 Å². The van der Waals surface area contributed by atoms with Crippen LogP contribution in [0, 0.1) is 5.82 Å². The molecule has 3 rings (SSSR count). The standard InChI is InChI=1S/C18H14FN3O3S/c1-11(23)14-4-2-3-5-15(14)20-16(24)10-26-18-22-21-17(25-18)12-6-8-13(19)9-7-12/h2-9H,10H2,1H3,(H,20,24). The van der Waals surface area contributed by atoms with Gasteiger partial charge in [-0.3, -0.25) is 9.59 Å². The normalized spacial score (nSPS) is 10.5. The summed E-state index contributed by atoms with van der Waals surface area (Å²) in [7, 11) is 0. The van der Waals surface area contributed by atoms with Gasteiger partial charge in [0.05, 0.1) is 11.4 Å². The summed E-state index contributed by atoms with van der Waals surface area (Å²) < 4.78 is 18.4. The van der Waals surface area contributed by atoms with Crippen molar-refractivity contribution in [2.24, 2.45) is 0 Å². The summed E-state index contributed by atoms with van der Waals surface area (Å²) in [5.74, 6) is -0.503. The van der Waals surface area contributed by atoms with E-state index in [0.717, 1.165) is 11.8 Å². The summed E-state index contributed by atoms with van der Waals surface area (Å²) in [6, 6.07) is 12.4. The summed E-state index contributed by atoms with van der Waals surface area (Å²) in [6.45, 7) is 1.44. The molecule has 0 aliphatic carbocycles. The van der Waals surface area contributed by atoms with E-state index >= 15 is 0 Å². The fourth-order valence-electron chi connectivity index (χ4n) is 2.19. The van der Waals surface area contributed by atoms with Gasteiger partial charge >= 0.3 is 0 Å². The van der Waals surface area contributed by atoms with Gasteiger partial charge in [-0.2, -0.15) is 0 Å². The molecule has 1 heterocycles. The van der Waals surface area contributed by atoms with Gasteiger partial charge in [-0.15, -0.1) is 10.2 Å². The second-order valence-corrected chi connectivity index (χ2v) is 6.25. The lowest BCUT2D eigenvalue weighted by Crippen LogP contribution is -2.16. The molecule has 0 saturated heterocycles. The van der Waals surface area contributed by atoms with Crippen LogP contribution in [-0.4, -0.2) is 27.6 Å². The average Bonchev–Trinajstić information content (AvgIpc) is 3.10. The average molecular weight is 371 g/mol. The second-order valence-electron chi connectivity index (χ2n) is 5.32. The number of carbonyl (C=O) groups excluding carboxylic acids is 2. The van der Waals surface area contributed by atoms with Crippen molar-refractivity contribution < 1.29 is 18.4 Å². The first-order chi connectivity index (χ1) is 12.5. The number of ketones is 1. The van der Waals surface area contributed by atoms with E-state index in [1.165, 1.54) is 31.2 Å². The molecule has 0 bridgehead atoms. The Hall–Kier alpha value is -3.00. The number of benzene rings is 2. The minimum atomic E-state index is -0.356. The number of thioether (sulfide) groups is 1. The van der Waals surface area contributed by atoms with Gasteiger partial charge in [-0.1, -0.05) is 23.9 Å². The highest BCUT2D eigenvalue weighted by Crippen LogP contribution is 2.24. The van der Waals surface area contributed by atoms with Crippen LogP contribution in [0.15, 0.2) is 58.2 Å². The number of carbonyl (C=O) groups is 2. The van der Waals surface area contributed by atoms with Gasteiger partial charge in [0.1, 0.15) is 5.82 Å². The lowest BCUT2D eigenvalue weighted by atomic mass is 10.1. The largest absolute Gasteiger partial charge is 0.411 e. The number of aromatic nitrogens is 2. The number of Topliss-reactive ketones (excluding diaryl/α,β-unsaturated/α-hetero) is 1. The van der Waals surface area contributed by atoms with E-state index in [1.54, 1.807) is 24.3 Å². The van der Waals surface area contributed by atoms with Gasteiger partial charge in [0.25, 0.3) is 5.22 Å². The Kier molecular flexibility index (Phi) is 5.43. The van der Waals surface area contributed by atoms with Crippen LogP contribution in [-0.2, 0) is 4.79 Å². The Morgan fingerprint density at radius 1 is 1.12 bits per heavy atom. The summed E-state index contributed by atoms with van der Waals surface area (Å²) in [5.41, 5.74) is 1.50. The van der Waals surface area contributed by atoms with E-state index < -0.39 is 0 Å². The van der Waals surface area contributed by atoms with Crippen LogP contribution in [0.4, 0.5) is 10.1 Å². The van der Waals surface area contributed by atoms with Gasteiger partial charge in [0, 0.05) is 11.1 Å². The quantitative estimate of drug-likeness (QED) is 0.524. The monoisotopic (exact) mass is 371 g/mol. The van der Waals surface area contributed by atoms with E-state index in [1.807, 2.05) is 0 Å². The number of rotatable bonds is 6. The zero-order valence-corrected chi connectivity index (χ0v) is 14.5. The molecule has 0 fully saturated rings. The molecule has 132 valence electrons. The van der Waals surface area contributed by atoms with Gasteiger partial charge in [-0.05, 0) is 43.3 Å². The van der Waals surface area contributed by atoms with E-state index in [0.29, 0.717) is 16.8 Å². The Labute approximate surface area is 152 Å². The summed E-state index contributed by atoms with van der Waals surface area (Å²) in [5, 5.41) is 10.7. The highest BCUT2D eigenvalue weighted by atomic mass is 32.2. The molecule has 1 aromatic heterocycles. The van der Waals surface area contributed by atoms with Crippen molar-refractivity contribution in [2.45, 2.75) is 12.1 Å². The van der Waals surface area contributed by atoms with Gasteiger partial charge in [0.15, 0.2) is 5.78 Å². The summed E-state index contributed by atoms with van der Waals surface area (Å²) in [6.07, 6.45) is 0. The van der Waals surface area contributed by atoms with Crippen molar-refractivity contribution in [3.63, 3.8) is 0 Å². The molecule has 26 heavy (non-hydrogen) atoms. The smallest absolute Gasteiger partial charge is 0.277 e. The van der Waals surface area contributed by atoms with Crippen LogP contribution >= 0.6 is 11.8 Å². The van der Waals surface area contributed by atoms with Crippen molar-refractivity contribution in [3.05, 3.63) is 59.9 Å². The number of anilines is 1. The predicted octanol–water partition coefficient (Wildman–Crippen LogP) is 3.81. The minimum Gasteiger partial charge on any atom is -0.411 e. The maximum atomic E-state index is 12.9. The van der Waals surface area contributed by atoms with Crippen molar-refractivity contribution in [3.8, 4) is 11.5 Å². The number of amides is 1. The molecule has 0 unspecified atom stereocenters. The van der Waals surface area contributed by atoms with Crippen LogP contribution < -0.4 is 5.32 Å². The molecule has 1 N–H and O–H groups in total.